The van der Waals surface area contributed by atoms with Crippen molar-refractivity contribution in [2.45, 2.75) is 19.8 Å². The first-order valence-electron chi connectivity index (χ1n) is 8.28. The summed E-state index contributed by atoms with van der Waals surface area (Å²) in [5.74, 6) is 1.25. The Morgan fingerprint density at radius 1 is 1.19 bits per heavy atom. The number of hydrogen-bond acceptors (Lipinski definition) is 4. The molecule has 1 aliphatic rings. The average molecular weight is 347 g/mol. The number of nitrogens with one attached hydrogen (secondary N) is 3. The van der Waals surface area contributed by atoms with E-state index in [2.05, 4.69) is 25.8 Å². The van der Waals surface area contributed by atoms with Crippen LogP contribution in [-0.4, -0.2) is 27.0 Å². The normalized spacial score (nSPS) is 12.6. The van der Waals surface area contributed by atoms with Crippen molar-refractivity contribution < 1.29 is 9.59 Å². The molecule has 0 atom stereocenters. The zero-order valence-corrected chi connectivity index (χ0v) is 14.2. The lowest BCUT2D eigenvalue weighted by atomic mass is 10.1. The summed E-state index contributed by atoms with van der Waals surface area (Å²) in [7, 11) is 0. The molecule has 0 aliphatic carbocycles. The Bertz CT molecular complexity index is 991. The summed E-state index contributed by atoms with van der Waals surface area (Å²) in [4.78, 5) is 28.0. The van der Waals surface area contributed by atoms with E-state index < -0.39 is 0 Å². The van der Waals surface area contributed by atoms with Gasteiger partial charge in [0.1, 0.15) is 5.82 Å². The van der Waals surface area contributed by atoms with Gasteiger partial charge in [-0.2, -0.15) is 5.10 Å². The van der Waals surface area contributed by atoms with Crippen molar-refractivity contribution in [1.29, 1.82) is 0 Å². The van der Waals surface area contributed by atoms with Crippen LogP contribution in [0.25, 0.3) is 11.4 Å². The number of rotatable bonds is 4. The van der Waals surface area contributed by atoms with E-state index in [9.17, 15) is 9.59 Å². The molecule has 0 fully saturated rings. The largest absolute Gasteiger partial charge is 0.326 e. The number of amides is 2. The minimum atomic E-state index is -0.115. The SMILES string of the molecule is Cc1nc(-c2ccc(NC(=O)Cc3ccc4c(c3)NC(=O)C4)cc2)n[nH]1. The van der Waals surface area contributed by atoms with Gasteiger partial charge in [-0.25, -0.2) is 4.98 Å². The Balaban J connectivity index is 1.40. The van der Waals surface area contributed by atoms with Gasteiger partial charge in [0.25, 0.3) is 0 Å². The average Bonchev–Trinajstić information content (AvgIpc) is 3.20. The Kier molecular flexibility index (Phi) is 3.96. The number of anilines is 2. The molecule has 2 amide bonds. The van der Waals surface area contributed by atoms with Crippen molar-refractivity contribution in [2.24, 2.45) is 0 Å². The highest BCUT2D eigenvalue weighted by molar-refractivity contribution is 5.99. The summed E-state index contributed by atoms with van der Waals surface area (Å²) < 4.78 is 0. The summed E-state index contributed by atoms with van der Waals surface area (Å²) in [6.45, 7) is 1.84. The molecule has 7 heteroatoms. The van der Waals surface area contributed by atoms with Crippen molar-refractivity contribution >= 4 is 23.2 Å². The molecule has 2 heterocycles. The third-order valence-electron chi connectivity index (χ3n) is 4.19. The molecule has 3 aromatic rings. The van der Waals surface area contributed by atoms with Gasteiger partial charge in [0, 0.05) is 16.9 Å². The Labute approximate surface area is 149 Å². The summed E-state index contributed by atoms with van der Waals surface area (Å²) in [5.41, 5.74) is 4.21. The van der Waals surface area contributed by atoms with Crippen molar-refractivity contribution in [1.82, 2.24) is 15.2 Å². The zero-order chi connectivity index (χ0) is 18.1. The van der Waals surface area contributed by atoms with Crippen LogP contribution in [0.2, 0.25) is 0 Å². The number of aryl methyl sites for hydroxylation is 1. The molecule has 0 saturated heterocycles. The Morgan fingerprint density at radius 2 is 2.00 bits per heavy atom. The molecule has 26 heavy (non-hydrogen) atoms. The van der Waals surface area contributed by atoms with Gasteiger partial charge in [0.05, 0.1) is 12.8 Å². The topological polar surface area (TPSA) is 99.8 Å². The molecule has 7 nitrogen and oxygen atoms in total. The second kappa shape index (κ2) is 6.44. The number of nitrogens with zero attached hydrogens (tertiary/aromatic N) is 2. The summed E-state index contributed by atoms with van der Waals surface area (Å²) in [6.07, 6.45) is 0.642. The molecule has 0 unspecified atom stereocenters. The predicted octanol–water partition coefficient (Wildman–Crippen LogP) is 2.46. The van der Waals surface area contributed by atoms with Crippen LogP contribution in [-0.2, 0) is 22.4 Å². The standard InChI is InChI=1S/C19H17N5O2/c1-11-20-19(24-23-11)13-4-6-15(7-5-13)21-17(25)9-12-2-3-14-10-18(26)22-16(14)8-12/h2-8H,9-10H2,1H3,(H,21,25)(H,22,26)(H,20,23,24). The number of H-pyrrole nitrogens is 1. The van der Waals surface area contributed by atoms with E-state index in [1.165, 1.54) is 0 Å². The van der Waals surface area contributed by atoms with Crippen LogP contribution in [0.15, 0.2) is 42.5 Å². The number of carbonyl (C=O) groups is 2. The van der Waals surface area contributed by atoms with Gasteiger partial charge in [-0.1, -0.05) is 12.1 Å². The van der Waals surface area contributed by atoms with Crippen LogP contribution in [0.4, 0.5) is 11.4 Å². The fourth-order valence-electron chi connectivity index (χ4n) is 2.94. The highest BCUT2D eigenvalue weighted by Crippen LogP contribution is 2.24. The van der Waals surface area contributed by atoms with Gasteiger partial charge in [0.15, 0.2) is 5.82 Å². The fourth-order valence-corrected chi connectivity index (χ4v) is 2.94. The number of fused-ring (bicyclic) bond motifs is 1. The lowest BCUT2D eigenvalue weighted by Gasteiger charge is -2.07. The smallest absolute Gasteiger partial charge is 0.228 e. The summed E-state index contributed by atoms with van der Waals surface area (Å²) >= 11 is 0. The van der Waals surface area contributed by atoms with Crippen LogP contribution in [0, 0.1) is 6.92 Å². The second-order valence-corrected chi connectivity index (χ2v) is 6.26. The summed E-state index contributed by atoms with van der Waals surface area (Å²) in [5, 5.41) is 12.6. The van der Waals surface area contributed by atoms with Crippen LogP contribution < -0.4 is 10.6 Å². The summed E-state index contributed by atoms with van der Waals surface area (Å²) in [6, 6.07) is 13.0. The highest BCUT2D eigenvalue weighted by atomic mass is 16.2. The second-order valence-electron chi connectivity index (χ2n) is 6.26. The Morgan fingerprint density at radius 3 is 2.73 bits per heavy atom. The van der Waals surface area contributed by atoms with E-state index in [4.69, 9.17) is 0 Å². The van der Waals surface area contributed by atoms with Crippen LogP contribution in [0.1, 0.15) is 17.0 Å². The maximum atomic E-state index is 12.3. The Hall–Kier alpha value is -3.48. The number of benzene rings is 2. The first-order valence-corrected chi connectivity index (χ1v) is 8.28. The van der Waals surface area contributed by atoms with E-state index in [1.807, 2.05) is 49.4 Å². The van der Waals surface area contributed by atoms with E-state index in [1.54, 1.807) is 0 Å². The van der Waals surface area contributed by atoms with Gasteiger partial charge in [-0.3, -0.25) is 14.7 Å². The van der Waals surface area contributed by atoms with E-state index >= 15 is 0 Å². The molecule has 0 spiro atoms. The van der Waals surface area contributed by atoms with Crippen molar-refractivity contribution in [3.63, 3.8) is 0 Å². The number of hydrogen-bond donors (Lipinski definition) is 3. The lowest BCUT2D eigenvalue weighted by Crippen LogP contribution is -2.14. The van der Waals surface area contributed by atoms with Crippen LogP contribution in [0.3, 0.4) is 0 Å². The molecule has 3 N–H and O–H groups in total. The number of aromatic nitrogens is 3. The number of carbonyl (C=O) groups excluding carboxylic acids is 2. The van der Waals surface area contributed by atoms with Crippen LogP contribution >= 0.6 is 0 Å². The van der Waals surface area contributed by atoms with Crippen molar-refractivity contribution in [2.75, 3.05) is 10.6 Å². The molecular formula is C19H17N5O2. The molecule has 0 radical (unpaired) electrons. The van der Waals surface area contributed by atoms with Crippen molar-refractivity contribution in [3.05, 3.63) is 59.4 Å². The third kappa shape index (κ3) is 3.32. The van der Waals surface area contributed by atoms with Gasteiger partial charge in [0.2, 0.25) is 11.8 Å². The van der Waals surface area contributed by atoms with E-state index in [-0.39, 0.29) is 18.2 Å². The first kappa shape index (κ1) is 16.0. The molecule has 1 aromatic heterocycles. The molecule has 1 aliphatic heterocycles. The molecule has 0 bridgehead atoms. The molecule has 4 rings (SSSR count). The quantitative estimate of drug-likeness (QED) is 0.675. The highest BCUT2D eigenvalue weighted by Gasteiger charge is 2.18. The lowest BCUT2D eigenvalue weighted by molar-refractivity contribution is -0.116. The van der Waals surface area contributed by atoms with Gasteiger partial charge in [-0.15, -0.1) is 0 Å². The van der Waals surface area contributed by atoms with Gasteiger partial charge >= 0.3 is 0 Å². The predicted molar refractivity (Wildman–Crippen MR) is 97.7 cm³/mol. The van der Waals surface area contributed by atoms with Gasteiger partial charge in [-0.05, 0) is 48.4 Å². The molecule has 130 valence electrons. The van der Waals surface area contributed by atoms with E-state index in [0.29, 0.717) is 17.9 Å². The molecule has 0 saturated carbocycles. The number of aromatic amines is 1. The van der Waals surface area contributed by atoms with Gasteiger partial charge < -0.3 is 10.6 Å². The van der Waals surface area contributed by atoms with Crippen molar-refractivity contribution in [3.8, 4) is 11.4 Å². The first-order chi connectivity index (χ1) is 12.6. The third-order valence-corrected chi connectivity index (χ3v) is 4.19. The minimum absolute atomic E-state index is 0.0108. The molecular weight excluding hydrogens is 330 g/mol. The van der Waals surface area contributed by atoms with Crippen LogP contribution in [0.5, 0.6) is 0 Å². The monoisotopic (exact) mass is 347 g/mol. The fraction of sp³-hybridized carbons (Fsp3) is 0.158. The molecule has 2 aromatic carbocycles. The minimum Gasteiger partial charge on any atom is -0.326 e. The zero-order valence-electron chi connectivity index (χ0n) is 14.2. The van der Waals surface area contributed by atoms with E-state index in [0.717, 1.165) is 28.2 Å². The maximum absolute atomic E-state index is 12.3. The maximum Gasteiger partial charge on any atom is 0.228 e.